The minimum Gasteiger partial charge on any atom is -0.388 e. The van der Waals surface area contributed by atoms with Gasteiger partial charge in [-0.05, 0) is 42.3 Å². The highest BCUT2D eigenvalue weighted by Crippen LogP contribution is 2.25. The highest BCUT2D eigenvalue weighted by Gasteiger charge is 2.10. The Balaban J connectivity index is 2.16. The highest BCUT2D eigenvalue weighted by molar-refractivity contribution is 9.11. The Labute approximate surface area is 123 Å². The number of pyridine rings is 1. The van der Waals surface area contributed by atoms with Gasteiger partial charge in [-0.25, -0.2) is 0 Å². The number of halogens is 2. The molecule has 94 valence electrons. The first-order valence-corrected chi connectivity index (χ1v) is 7.19. The van der Waals surface area contributed by atoms with E-state index in [1.54, 1.807) is 0 Å². The van der Waals surface area contributed by atoms with Crippen LogP contribution in [0, 0.1) is 6.92 Å². The number of nitrogens with zero attached hydrogens (tertiary/aromatic N) is 1. The molecule has 0 amide bonds. The van der Waals surface area contributed by atoms with Crippen LogP contribution in [0.15, 0.2) is 45.5 Å². The second kappa shape index (κ2) is 5.95. The van der Waals surface area contributed by atoms with Crippen molar-refractivity contribution in [2.75, 3.05) is 0 Å². The van der Waals surface area contributed by atoms with E-state index in [0.717, 1.165) is 25.8 Å². The molecule has 1 unspecified atom stereocenters. The molecule has 0 bridgehead atoms. The van der Waals surface area contributed by atoms with Crippen molar-refractivity contribution in [3.8, 4) is 0 Å². The van der Waals surface area contributed by atoms with Crippen molar-refractivity contribution in [3.05, 3.63) is 62.3 Å². The van der Waals surface area contributed by atoms with Gasteiger partial charge in [-0.3, -0.25) is 4.98 Å². The van der Waals surface area contributed by atoms with Gasteiger partial charge < -0.3 is 5.11 Å². The van der Waals surface area contributed by atoms with Crippen molar-refractivity contribution in [1.82, 2.24) is 4.98 Å². The maximum Gasteiger partial charge on any atom is 0.0846 e. The summed E-state index contributed by atoms with van der Waals surface area (Å²) in [5, 5.41) is 10.2. The van der Waals surface area contributed by atoms with Gasteiger partial charge in [0.15, 0.2) is 0 Å². The summed E-state index contributed by atoms with van der Waals surface area (Å²) >= 11 is 6.84. The average Bonchev–Trinajstić information content (AvgIpc) is 2.31. The highest BCUT2D eigenvalue weighted by atomic mass is 79.9. The Hall–Kier alpha value is -0.710. The molecule has 1 heterocycles. The lowest BCUT2D eigenvalue weighted by atomic mass is 10.0. The Morgan fingerprint density at radius 1 is 1.17 bits per heavy atom. The first-order valence-electron chi connectivity index (χ1n) is 5.60. The van der Waals surface area contributed by atoms with Crippen LogP contribution in [-0.4, -0.2) is 10.1 Å². The third-order valence-corrected chi connectivity index (χ3v) is 3.56. The van der Waals surface area contributed by atoms with Gasteiger partial charge >= 0.3 is 0 Å². The summed E-state index contributed by atoms with van der Waals surface area (Å²) in [5.41, 5.74) is 2.89. The van der Waals surface area contributed by atoms with Crippen LogP contribution in [0.2, 0.25) is 0 Å². The predicted molar refractivity (Wildman–Crippen MR) is 79.5 cm³/mol. The average molecular weight is 371 g/mol. The summed E-state index contributed by atoms with van der Waals surface area (Å²) in [7, 11) is 0. The summed E-state index contributed by atoms with van der Waals surface area (Å²) in [6.45, 7) is 2.00. The van der Waals surface area contributed by atoms with Crippen molar-refractivity contribution in [2.45, 2.75) is 19.4 Å². The molecule has 0 aliphatic heterocycles. The predicted octanol–water partition coefficient (Wildman–Crippen LogP) is 4.19. The Morgan fingerprint density at radius 3 is 2.39 bits per heavy atom. The van der Waals surface area contributed by atoms with Gasteiger partial charge in [0.1, 0.15) is 0 Å². The van der Waals surface area contributed by atoms with Crippen molar-refractivity contribution in [3.63, 3.8) is 0 Å². The molecule has 1 aromatic carbocycles. The van der Waals surface area contributed by atoms with Crippen LogP contribution in [0.25, 0.3) is 0 Å². The van der Waals surface area contributed by atoms with Crippen LogP contribution in [0.1, 0.15) is 22.9 Å². The summed E-state index contributed by atoms with van der Waals surface area (Å²) in [5.74, 6) is 0. The number of hydrogen-bond donors (Lipinski definition) is 1. The van der Waals surface area contributed by atoms with Crippen molar-refractivity contribution in [2.24, 2.45) is 0 Å². The molecule has 0 saturated heterocycles. The van der Waals surface area contributed by atoms with Gasteiger partial charge in [0.25, 0.3) is 0 Å². The van der Waals surface area contributed by atoms with E-state index in [1.165, 1.54) is 0 Å². The molecular formula is C14H13Br2NO. The minimum atomic E-state index is -0.547. The zero-order valence-corrected chi connectivity index (χ0v) is 13.1. The van der Waals surface area contributed by atoms with Gasteiger partial charge in [-0.15, -0.1) is 0 Å². The molecule has 0 fully saturated rings. The van der Waals surface area contributed by atoms with Crippen LogP contribution in [0.4, 0.5) is 0 Å². The zero-order valence-electron chi connectivity index (χ0n) is 9.90. The maximum atomic E-state index is 10.2. The molecule has 1 aromatic heterocycles. The number of rotatable bonds is 3. The molecule has 1 atom stereocenters. The van der Waals surface area contributed by atoms with Crippen molar-refractivity contribution >= 4 is 31.9 Å². The third-order valence-electron chi connectivity index (χ3n) is 2.64. The number of aliphatic hydroxyl groups excluding tert-OH is 1. The number of benzene rings is 1. The van der Waals surface area contributed by atoms with Crippen LogP contribution < -0.4 is 0 Å². The standard InChI is InChI=1S/C14H13Br2NO/c1-9-2-3-13(17-8-9)7-14(18)10-4-11(15)6-12(16)5-10/h2-6,8,14,18H,7H2,1H3. The smallest absolute Gasteiger partial charge is 0.0846 e. The summed E-state index contributed by atoms with van der Waals surface area (Å²) in [4.78, 5) is 4.31. The Kier molecular flexibility index (Phi) is 4.54. The summed E-state index contributed by atoms with van der Waals surface area (Å²) in [6.07, 6.45) is 1.79. The molecule has 18 heavy (non-hydrogen) atoms. The maximum absolute atomic E-state index is 10.2. The summed E-state index contributed by atoms with van der Waals surface area (Å²) < 4.78 is 1.89. The van der Waals surface area contributed by atoms with E-state index in [0.29, 0.717) is 6.42 Å². The van der Waals surface area contributed by atoms with Gasteiger partial charge in [0.2, 0.25) is 0 Å². The van der Waals surface area contributed by atoms with Gasteiger partial charge in [-0.1, -0.05) is 37.9 Å². The third kappa shape index (κ3) is 3.64. The first-order chi connectivity index (χ1) is 8.54. The van der Waals surface area contributed by atoms with E-state index in [2.05, 4.69) is 36.8 Å². The molecule has 0 saturated carbocycles. The van der Waals surface area contributed by atoms with Crippen LogP contribution in [0.3, 0.4) is 0 Å². The lowest BCUT2D eigenvalue weighted by Gasteiger charge is -2.11. The lowest BCUT2D eigenvalue weighted by Crippen LogP contribution is -2.03. The quantitative estimate of drug-likeness (QED) is 0.878. The molecule has 2 nitrogen and oxygen atoms in total. The van der Waals surface area contributed by atoms with E-state index in [-0.39, 0.29) is 0 Å². The van der Waals surface area contributed by atoms with E-state index >= 15 is 0 Å². The molecule has 2 aromatic rings. The van der Waals surface area contributed by atoms with E-state index in [9.17, 15) is 5.11 Å². The molecule has 0 aliphatic carbocycles. The van der Waals surface area contributed by atoms with Gasteiger partial charge in [0.05, 0.1) is 6.10 Å². The second-order valence-corrected chi connectivity index (χ2v) is 6.08. The lowest BCUT2D eigenvalue weighted by molar-refractivity contribution is 0.177. The molecule has 4 heteroatoms. The number of hydrogen-bond acceptors (Lipinski definition) is 2. The fourth-order valence-corrected chi connectivity index (χ4v) is 3.03. The van der Waals surface area contributed by atoms with Crippen molar-refractivity contribution < 1.29 is 5.11 Å². The monoisotopic (exact) mass is 369 g/mol. The van der Waals surface area contributed by atoms with E-state index < -0.39 is 6.10 Å². The van der Waals surface area contributed by atoms with Crippen molar-refractivity contribution in [1.29, 1.82) is 0 Å². The fraction of sp³-hybridized carbons (Fsp3) is 0.214. The van der Waals surface area contributed by atoms with E-state index in [4.69, 9.17) is 0 Å². The SMILES string of the molecule is Cc1ccc(CC(O)c2cc(Br)cc(Br)c2)nc1. The largest absolute Gasteiger partial charge is 0.388 e. The normalized spacial score (nSPS) is 12.4. The zero-order chi connectivity index (χ0) is 13.1. The molecule has 1 N–H and O–H groups in total. The Bertz CT molecular complexity index is 520. The Morgan fingerprint density at radius 2 is 1.83 bits per heavy atom. The molecular weight excluding hydrogens is 358 g/mol. The number of aliphatic hydroxyl groups is 1. The molecule has 2 rings (SSSR count). The van der Waals surface area contributed by atoms with Crippen LogP contribution in [0.5, 0.6) is 0 Å². The molecule has 0 aliphatic rings. The summed E-state index contributed by atoms with van der Waals surface area (Å²) in [6, 6.07) is 9.74. The topological polar surface area (TPSA) is 33.1 Å². The molecule has 0 spiro atoms. The van der Waals surface area contributed by atoms with Gasteiger partial charge in [0, 0.05) is 27.3 Å². The number of aromatic nitrogens is 1. The van der Waals surface area contributed by atoms with Crippen LogP contribution >= 0.6 is 31.9 Å². The minimum absolute atomic E-state index is 0.517. The number of aryl methyl sites for hydroxylation is 1. The van der Waals surface area contributed by atoms with Gasteiger partial charge in [-0.2, -0.15) is 0 Å². The van der Waals surface area contributed by atoms with E-state index in [1.807, 2.05) is 43.5 Å². The fourth-order valence-electron chi connectivity index (χ4n) is 1.70. The molecule has 0 radical (unpaired) electrons. The first kappa shape index (κ1) is 13.7. The van der Waals surface area contributed by atoms with Crippen LogP contribution in [-0.2, 0) is 6.42 Å². The second-order valence-electron chi connectivity index (χ2n) is 4.25.